The van der Waals surface area contributed by atoms with E-state index in [0.717, 1.165) is 10.1 Å². The van der Waals surface area contributed by atoms with E-state index in [-0.39, 0.29) is 45.6 Å². The number of nitrogens with one attached hydrogen (secondary N) is 2. The highest BCUT2D eigenvalue weighted by Crippen LogP contribution is 2.33. The van der Waals surface area contributed by atoms with Crippen molar-refractivity contribution in [1.82, 2.24) is 20.8 Å². The van der Waals surface area contributed by atoms with Gasteiger partial charge in [0.25, 0.3) is 23.6 Å². The summed E-state index contributed by atoms with van der Waals surface area (Å²) in [6.07, 6.45) is -3.17. The molecule has 0 radical (unpaired) electrons. The Hall–Kier alpha value is -3.00. The van der Waals surface area contributed by atoms with Crippen LogP contribution in [0.4, 0.5) is 0 Å². The van der Waals surface area contributed by atoms with E-state index in [0.29, 0.717) is 30.4 Å². The first-order valence-electron chi connectivity index (χ1n) is 14.9. The fourth-order valence-corrected chi connectivity index (χ4v) is 5.40. The first-order chi connectivity index (χ1) is 21.3. The molecular formula is C28H42N4O13. The lowest BCUT2D eigenvalue weighted by molar-refractivity contribution is -0.300. The van der Waals surface area contributed by atoms with Crippen molar-refractivity contribution in [2.75, 3.05) is 32.9 Å². The van der Waals surface area contributed by atoms with Crippen LogP contribution in [0.3, 0.4) is 0 Å². The summed E-state index contributed by atoms with van der Waals surface area (Å²) < 4.78 is 10.8. The predicted octanol–water partition coefficient (Wildman–Crippen LogP) is -2.79. The van der Waals surface area contributed by atoms with Crippen molar-refractivity contribution in [2.45, 2.75) is 94.5 Å². The van der Waals surface area contributed by atoms with E-state index < -0.39 is 72.4 Å². The molecule has 4 aliphatic rings. The highest BCUT2D eigenvalue weighted by molar-refractivity contribution is 6.01. The summed E-state index contributed by atoms with van der Waals surface area (Å²) in [6, 6.07) is 0. The van der Waals surface area contributed by atoms with Crippen molar-refractivity contribution in [3.05, 3.63) is 23.3 Å². The number of aliphatic hydroxyl groups is 5. The number of ether oxygens (including phenoxy) is 2. The number of hydrogen-bond donors (Lipinski definition) is 7. The molecule has 0 aliphatic carbocycles. The SMILES string of the molecule is C/C(=C\C(=O)N1CCC[C@@]2(NC(=O)[C@]3(CCCN(C(=O)/C=C(\C)CCOC4OC(CO)C(O)C(O)C4O)O3)NC2=O)O1)CCO. The van der Waals surface area contributed by atoms with E-state index in [1.165, 1.54) is 12.2 Å². The van der Waals surface area contributed by atoms with Crippen LogP contribution in [0.25, 0.3) is 0 Å². The lowest BCUT2D eigenvalue weighted by Gasteiger charge is -2.49. The molecule has 4 aliphatic heterocycles. The van der Waals surface area contributed by atoms with Crippen LogP contribution in [0.15, 0.2) is 23.3 Å². The van der Waals surface area contributed by atoms with Gasteiger partial charge in [-0.1, -0.05) is 11.1 Å². The van der Waals surface area contributed by atoms with Gasteiger partial charge in [0.05, 0.1) is 13.2 Å². The molecule has 17 nitrogen and oxygen atoms in total. The quantitative estimate of drug-likeness (QED) is 0.126. The monoisotopic (exact) mass is 642 g/mol. The zero-order chi connectivity index (χ0) is 32.9. The summed E-state index contributed by atoms with van der Waals surface area (Å²) in [5, 5.41) is 55.4. The Balaban J connectivity index is 1.34. The van der Waals surface area contributed by atoms with Gasteiger partial charge >= 0.3 is 0 Å². The summed E-state index contributed by atoms with van der Waals surface area (Å²) in [6.45, 7) is 2.88. The number of carbonyl (C=O) groups is 4. The number of hydroxylamine groups is 4. The molecule has 5 unspecified atom stereocenters. The number of aliphatic hydroxyl groups excluding tert-OH is 5. The van der Waals surface area contributed by atoms with E-state index in [1.807, 2.05) is 0 Å². The molecular weight excluding hydrogens is 600 g/mol. The molecule has 4 heterocycles. The Morgan fingerprint density at radius 3 is 1.87 bits per heavy atom. The first kappa shape index (κ1) is 34.9. The van der Waals surface area contributed by atoms with Gasteiger partial charge in [-0.25, -0.2) is 19.8 Å². The molecule has 4 rings (SSSR count). The van der Waals surface area contributed by atoms with Gasteiger partial charge in [-0.2, -0.15) is 0 Å². The smallest absolute Gasteiger partial charge is 0.278 e. The molecule has 7 atom stereocenters. The van der Waals surface area contributed by atoms with Gasteiger partial charge in [-0.3, -0.25) is 19.2 Å². The summed E-state index contributed by atoms with van der Waals surface area (Å²) >= 11 is 0. The minimum Gasteiger partial charge on any atom is -0.396 e. The third kappa shape index (κ3) is 7.70. The summed E-state index contributed by atoms with van der Waals surface area (Å²) in [4.78, 5) is 64.0. The first-order valence-corrected chi connectivity index (χ1v) is 14.9. The minimum absolute atomic E-state index is 0.0417. The standard InChI is InChI=1S/C28H42N4O13/c1-16(5-11-33)13-19(35)31-9-3-7-27(44-31)25(40)30-28(26(41)29-27)8-4-10-32(45-28)20(36)14-17(2)6-12-42-24-23(39)22(38)21(37)18(15-34)43-24/h13-14,18,21-24,33-34,37-39H,3-12,15H2,1-2H3,(H,29,41)(H,30,40)/b16-13+,17-14+/t18?,21?,22?,23?,24?,27-,28-/m1/s1. The molecule has 0 aromatic rings. The van der Waals surface area contributed by atoms with Gasteiger partial charge in [-0.05, 0) is 39.5 Å². The topological polar surface area (TPSA) is 237 Å². The summed E-state index contributed by atoms with van der Waals surface area (Å²) in [7, 11) is 0. The van der Waals surface area contributed by atoms with Crippen molar-refractivity contribution < 1.29 is 63.9 Å². The van der Waals surface area contributed by atoms with Crippen LogP contribution in [-0.4, -0.2) is 134 Å². The fourth-order valence-electron chi connectivity index (χ4n) is 5.40. The van der Waals surface area contributed by atoms with Crippen molar-refractivity contribution in [1.29, 1.82) is 0 Å². The summed E-state index contributed by atoms with van der Waals surface area (Å²) in [5.74, 6) is -2.61. The molecule has 7 N–H and O–H groups in total. The van der Waals surface area contributed by atoms with Crippen LogP contribution in [0.5, 0.6) is 0 Å². The van der Waals surface area contributed by atoms with Crippen molar-refractivity contribution in [3.63, 3.8) is 0 Å². The van der Waals surface area contributed by atoms with E-state index >= 15 is 0 Å². The van der Waals surface area contributed by atoms with Crippen molar-refractivity contribution in [2.24, 2.45) is 0 Å². The maximum atomic E-state index is 13.4. The molecule has 4 saturated heterocycles. The number of nitrogens with zero attached hydrogens (tertiary/aromatic N) is 2. The van der Waals surface area contributed by atoms with Crippen molar-refractivity contribution >= 4 is 23.6 Å². The molecule has 0 aromatic heterocycles. The Morgan fingerprint density at radius 2 is 1.38 bits per heavy atom. The van der Waals surface area contributed by atoms with Crippen LogP contribution in [0.2, 0.25) is 0 Å². The van der Waals surface area contributed by atoms with Gasteiger partial charge < -0.3 is 45.6 Å². The number of carbonyl (C=O) groups excluding carboxylic acids is 4. The maximum Gasteiger partial charge on any atom is 0.278 e. The fraction of sp³-hybridized carbons (Fsp3) is 0.714. The van der Waals surface area contributed by atoms with Gasteiger partial charge in [0.2, 0.25) is 11.4 Å². The second-order valence-corrected chi connectivity index (χ2v) is 11.6. The van der Waals surface area contributed by atoms with E-state index in [1.54, 1.807) is 13.8 Å². The third-order valence-electron chi connectivity index (χ3n) is 8.04. The van der Waals surface area contributed by atoms with Gasteiger partial charge in [0.15, 0.2) is 6.29 Å². The second-order valence-electron chi connectivity index (χ2n) is 11.6. The zero-order valence-electron chi connectivity index (χ0n) is 25.2. The normalized spacial score (nSPS) is 34.6. The molecule has 4 amide bonds. The molecule has 45 heavy (non-hydrogen) atoms. The van der Waals surface area contributed by atoms with E-state index in [2.05, 4.69) is 10.6 Å². The number of hydrogen-bond acceptors (Lipinski definition) is 13. The number of amides is 4. The number of rotatable bonds is 9. The lowest BCUT2D eigenvalue weighted by Crippen LogP contribution is -2.79. The Bertz CT molecular complexity index is 1190. The largest absolute Gasteiger partial charge is 0.396 e. The predicted molar refractivity (Wildman–Crippen MR) is 149 cm³/mol. The van der Waals surface area contributed by atoms with Crippen LogP contribution < -0.4 is 10.6 Å². The van der Waals surface area contributed by atoms with Crippen molar-refractivity contribution in [3.8, 4) is 0 Å². The highest BCUT2D eigenvalue weighted by atomic mass is 16.7. The zero-order valence-corrected chi connectivity index (χ0v) is 25.2. The van der Waals surface area contributed by atoms with Gasteiger partial charge in [0.1, 0.15) is 24.4 Å². The molecule has 0 bridgehead atoms. The molecule has 252 valence electrons. The second kappa shape index (κ2) is 14.6. The van der Waals surface area contributed by atoms with Crippen LogP contribution in [-0.2, 0) is 38.3 Å². The third-order valence-corrected chi connectivity index (χ3v) is 8.04. The van der Waals surface area contributed by atoms with Gasteiger partial charge in [0, 0.05) is 44.7 Å². The molecule has 4 fully saturated rings. The van der Waals surface area contributed by atoms with Gasteiger partial charge in [-0.15, -0.1) is 0 Å². The van der Waals surface area contributed by atoms with E-state index in [9.17, 15) is 39.6 Å². The number of piperazine rings is 1. The minimum atomic E-state index is -1.88. The molecule has 2 spiro atoms. The Kier molecular flexibility index (Phi) is 11.3. The summed E-state index contributed by atoms with van der Waals surface area (Å²) in [5.41, 5.74) is -2.57. The maximum absolute atomic E-state index is 13.4. The highest BCUT2D eigenvalue weighted by Gasteiger charge is 2.59. The van der Waals surface area contributed by atoms with E-state index in [4.69, 9.17) is 24.3 Å². The van der Waals surface area contributed by atoms with Crippen LogP contribution >= 0.6 is 0 Å². The average molecular weight is 643 g/mol. The van der Waals surface area contributed by atoms with Crippen LogP contribution in [0.1, 0.15) is 52.4 Å². The Labute approximate surface area is 259 Å². The Morgan fingerprint density at radius 1 is 0.867 bits per heavy atom. The molecule has 0 aromatic carbocycles. The van der Waals surface area contributed by atoms with Crippen LogP contribution in [0, 0.1) is 0 Å². The molecule has 17 heteroatoms. The average Bonchev–Trinajstić information content (AvgIpc) is 3.00. The molecule has 0 saturated carbocycles. The lowest BCUT2D eigenvalue weighted by atomic mass is 9.95.